The summed E-state index contributed by atoms with van der Waals surface area (Å²) in [6.07, 6.45) is 3.37. The predicted molar refractivity (Wildman–Crippen MR) is 74.9 cm³/mol. The maximum atomic E-state index is 13.3. The van der Waals surface area contributed by atoms with Crippen LogP contribution in [0.1, 0.15) is 25.7 Å². The quantitative estimate of drug-likeness (QED) is 0.896. The summed E-state index contributed by atoms with van der Waals surface area (Å²) in [7, 11) is 0. The van der Waals surface area contributed by atoms with E-state index >= 15 is 0 Å². The van der Waals surface area contributed by atoms with Gasteiger partial charge in [-0.05, 0) is 31.4 Å². The van der Waals surface area contributed by atoms with Gasteiger partial charge in [-0.2, -0.15) is 0 Å². The molecular weight excluding hydrogens is 259 g/mol. The van der Waals surface area contributed by atoms with Crippen LogP contribution in [0, 0.1) is 5.82 Å². The summed E-state index contributed by atoms with van der Waals surface area (Å²) in [5.41, 5.74) is 5.70. The molecule has 1 saturated heterocycles. The molecule has 1 fully saturated rings. The summed E-state index contributed by atoms with van der Waals surface area (Å²) in [4.78, 5) is 14.0. The Labute approximate surface area is 118 Å². The molecule has 0 unspecified atom stereocenters. The lowest BCUT2D eigenvalue weighted by Crippen LogP contribution is -2.47. The highest BCUT2D eigenvalue weighted by molar-refractivity contribution is 5.76. The predicted octanol–water partition coefficient (Wildman–Crippen LogP) is 1.93. The van der Waals surface area contributed by atoms with Gasteiger partial charge in [-0.1, -0.05) is 12.1 Å². The zero-order valence-electron chi connectivity index (χ0n) is 11.6. The average Bonchev–Trinajstić information content (AvgIpc) is 2.49. The molecule has 110 valence electrons. The van der Waals surface area contributed by atoms with E-state index < -0.39 is 5.82 Å². The second-order valence-electron chi connectivity index (χ2n) is 5.00. The minimum Gasteiger partial charge on any atom is -0.490 e. The number of nitrogens with zero attached hydrogens (tertiary/aromatic N) is 1. The number of piperidine rings is 1. The lowest BCUT2D eigenvalue weighted by atomic mass is 10.0. The first kappa shape index (κ1) is 14.8. The summed E-state index contributed by atoms with van der Waals surface area (Å²) in [6.45, 7) is 1.45. The van der Waals surface area contributed by atoms with Gasteiger partial charge in [0.15, 0.2) is 11.6 Å². The minimum atomic E-state index is -0.405. The molecule has 0 aliphatic carbocycles. The highest BCUT2D eigenvalue weighted by Crippen LogP contribution is 2.18. The van der Waals surface area contributed by atoms with Crippen molar-refractivity contribution in [2.75, 3.05) is 19.7 Å². The summed E-state index contributed by atoms with van der Waals surface area (Å²) < 4.78 is 18.7. The molecule has 0 spiro atoms. The average molecular weight is 280 g/mol. The van der Waals surface area contributed by atoms with Crippen molar-refractivity contribution in [3.05, 3.63) is 30.1 Å². The van der Waals surface area contributed by atoms with Gasteiger partial charge in [-0.3, -0.25) is 4.79 Å². The first-order valence-corrected chi connectivity index (χ1v) is 7.09. The third-order valence-electron chi connectivity index (χ3n) is 3.63. The Morgan fingerprint density at radius 3 is 2.95 bits per heavy atom. The summed E-state index contributed by atoms with van der Waals surface area (Å²) >= 11 is 0. The Hall–Kier alpha value is -1.62. The normalized spacial score (nSPS) is 18.9. The monoisotopic (exact) mass is 280 g/mol. The van der Waals surface area contributed by atoms with Crippen LogP contribution in [0.2, 0.25) is 0 Å². The number of nitrogens with two attached hydrogens (primary N) is 1. The maximum Gasteiger partial charge on any atom is 0.226 e. The van der Waals surface area contributed by atoms with Crippen LogP contribution in [0.4, 0.5) is 4.39 Å². The fourth-order valence-electron chi connectivity index (χ4n) is 2.53. The molecule has 1 aliphatic heterocycles. The largest absolute Gasteiger partial charge is 0.490 e. The van der Waals surface area contributed by atoms with Gasteiger partial charge in [0.25, 0.3) is 0 Å². The second-order valence-corrected chi connectivity index (χ2v) is 5.00. The van der Waals surface area contributed by atoms with Crippen molar-refractivity contribution in [1.29, 1.82) is 0 Å². The van der Waals surface area contributed by atoms with Crippen LogP contribution >= 0.6 is 0 Å². The van der Waals surface area contributed by atoms with Gasteiger partial charge in [0.1, 0.15) is 0 Å². The Kier molecular flexibility index (Phi) is 5.35. The number of amides is 1. The molecule has 1 heterocycles. The Bertz CT molecular complexity index is 453. The van der Waals surface area contributed by atoms with E-state index in [1.54, 1.807) is 18.2 Å². The highest BCUT2D eigenvalue weighted by Gasteiger charge is 2.25. The van der Waals surface area contributed by atoms with E-state index in [0.29, 0.717) is 6.54 Å². The van der Waals surface area contributed by atoms with Gasteiger partial charge in [0.05, 0.1) is 13.0 Å². The van der Waals surface area contributed by atoms with Crippen LogP contribution in [-0.2, 0) is 4.79 Å². The van der Waals surface area contributed by atoms with E-state index in [9.17, 15) is 9.18 Å². The maximum absolute atomic E-state index is 13.3. The standard InChI is InChI=1S/C15H21FN2O2/c16-13-6-1-2-7-14(13)20-10-8-15(19)18-9-4-3-5-12(18)11-17/h1-2,6-7,12H,3-5,8-11,17H2/t12-/m0/s1. The molecule has 2 N–H and O–H groups in total. The molecule has 1 aliphatic rings. The van der Waals surface area contributed by atoms with Crippen LogP contribution < -0.4 is 10.5 Å². The molecule has 4 nitrogen and oxygen atoms in total. The lowest BCUT2D eigenvalue weighted by Gasteiger charge is -2.35. The number of rotatable bonds is 5. The molecule has 5 heteroatoms. The fraction of sp³-hybridized carbons (Fsp3) is 0.533. The van der Waals surface area contributed by atoms with Crippen molar-refractivity contribution in [2.24, 2.45) is 5.73 Å². The molecule has 1 aromatic rings. The number of carbonyl (C=O) groups excluding carboxylic acids is 1. The minimum absolute atomic E-state index is 0.0384. The zero-order valence-corrected chi connectivity index (χ0v) is 11.6. The van der Waals surface area contributed by atoms with Crippen LogP contribution in [0.15, 0.2) is 24.3 Å². The number of ether oxygens (including phenoxy) is 1. The third-order valence-corrected chi connectivity index (χ3v) is 3.63. The van der Waals surface area contributed by atoms with Crippen molar-refractivity contribution in [3.8, 4) is 5.75 Å². The zero-order chi connectivity index (χ0) is 14.4. The Morgan fingerprint density at radius 1 is 1.40 bits per heavy atom. The van der Waals surface area contributed by atoms with E-state index in [2.05, 4.69) is 0 Å². The smallest absolute Gasteiger partial charge is 0.226 e. The second kappa shape index (κ2) is 7.24. The molecule has 0 aromatic heterocycles. The molecular formula is C15H21FN2O2. The van der Waals surface area contributed by atoms with E-state index in [-0.39, 0.29) is 30.7 Å². The van der Waals surface area contributed by atoms with Crippen LogP contribution in [0.3, 0.4) is 0 Å². The van der Waals surface area contributed by atoms with Crippen molar-refractivity contribution in [2.45, 2.75) is 31.7 Å². The molecule has 2 rings (SSSR count). The topological polar surface area (TPSA) is 55.6 Å². The number of carbonyl (C=O) groups is 1. The Morgan fingerprint density at radius 2 is 2.20 bits per heavy atom. The van der Waals surface area contributed by atoms with Crippen LogP contribution in [-0.4, -0.2) is 36.5 Å². The van der Waals surface area contributed by atoms with Gasteiger partial charge < -0.3 is 15.4 Å². The van der Waals surface area contributed by atoms with Crippen molar-refractivity contribution < 1.29 is 13.9 Å². The molecule has 0 saturated carbocycles. The van der Waals surface area contributed by atoms with Crippen molar-refractivity contribution >= 4 is 5.91 Å². The molecule has 1 aromatic carbocycles. The number of halogens is 1. The lowest BCUT2D eigenvalue weighted by molar-refractivity contribution is -0.135. The molecule has 1 amide bonds. The molecule has 0 radical (unpaired) electrons. The summed E-state index contributed by atoms with van der Waals surface area (Å²) in [5.74, 6) is -0.177. The number of hydrogen-bond donors (Lipinski definition) is 1. The number of hydrogen-bond acceptors (Lipinski definition) is 3. The van der Waals surface area contributed by atoms with E-state index in [4.69, 9.17) is 10.5 Å². The van der Waals surface area contributed by atoms with E-state index in [1.807, 2.05) is 4.90 Å². The SMILES string of the molecule is NC[C@@H]1CCCCN1C(=O)CCOc1ccccc1F. The first-order valence-electron chi connectivity index (χ1n) is 7.09. The summed E-state index contributed by atoms with van der Waals surface area (Å²) in [6, 6.07) is 6.35. The van der Waals surface area contributed by atoms with Crippen molar-refractivity contribution in [1.82, 2.24) is 4.90 Å². The molecule has 0 bridgehead atoms. The molecule has 20 heavy (non-hydrogen) atoms. The first-order chi connectivity index (χ1) is 9.72. The van der Waals surface area contributed by atoms with Gasteiger partial charge in [-0.15, -0.1) is 0 Å². The van der Waals surface area contributed by atoms with Crippen molar-refractivity contribution in [3.63, 3.8) is 0 Å². The van der Waals surface area contributed by atoms with Gasteiger partial charge in [-0.25, -0.2) is 4.39 Å². The van der Waals surface area contributed by atoms with Gasteiger partial charge in [0, 0.05) is 19.1 Å². The van der Waals surface area contributed by atoms with E-state index in [1.165, 1.54) is 6.07 Å². The van der Waals surface area contributed by atoms with Gasteiger partial charge >= 0.3 is 0 Å². The van der Waals surface area contributed by atoms with Crippen LogP contribution in [0.5, 0.6) is 5.75 Å². The number of para-hydroxylation sites is 1. The fourth-order valence-corrected chi connectivity index (χ4v) is 2.53. The third kappa shape index (κ3) is 3.70. The number of benzene rings is 1. The number of likely N-dealkylation sites (tertiary alicyclic amines) is 1. The molecule has 1 atom stereocenters. The summed E-state index contributed by atoms with van der Waals surface area (Å²) in [5, 5.41) is 0. The van der Waals surface area contributed by atoms with Gasteiger partial charge in [0.2, 0.25) is 5.91 Å². The highest BCUT2D eigenvalue weighted by atomic mass is 19.1. The van der Waals surface area contributed by atoms with E-state index in [0.717, 1.165) is 25.8 Å². The Balaban J connectivity index is 1.81. The van der Waals surface area contributed by atoms with Crippen LogP contribution in [0.25, 0.3) is 0 Å².